The molecule has 1 N–H and O–H groups in total. The first kappa shape index (κ1) is 10.9. The second-order valence-electron chi connectivity index (χ2n) is 3.91. The molecule has 16 heavy (non-hydrogen) atoms. The van der Waals surface area contributed by atoms with Gasteiger partial charge in [0.05, 0.1) is 12.6 Å². The summed E-state index contributed by atoms with van der Waals surface area (Å²) in [6.45, 7) is 4.69. The van der Waals surface area contributed by atoms with Crippen molar-refractivity contribution in [1.82, 2.24) is 20.1 Å². The van der Waals surface area contributed by atoms with Gasteiger partial charge in [-0.25, -0.2) is 0 Å². The number of aryl methyl sites for hydroxylation is 2. The van der Waals surface area contributed by atoms with Crippen molar-refractivity contribution in [1.29, 1.82) is 0 Å². The van der Waals surface area contributed by atoms with E-state index in [2.05, 4.69) is 22.4 Å². The monoisotopic (exact) mass is 220 g/mol. The molecule has 1 atom stereocenters. The molecule has 86 valence electrons. The molecule has 2 rings (SSSR count). The van der Waals surface area contributed by atoms with Gasteiger partial charge < -0.3 is 14.3 Å². The third-order valence-electron chi connectivity index (χ3n) is 2.51. The maximum Gasteiger partial charge on any atom is 0.149 e. The highest BCUT2D eigenvalue weighted by molar-refractivity contribution is 5.05. The molecule has 2 aromatic rings. The van der Waals surface area contributed by atoms with Gasteiger partial charge in [0.15, 0.2) is 0 Å². The molecule has 1 unspecified atom stereocenters. The minimum absolute atomic E-state index is 0.151. The zero-order valence-corrected chi connectivity index (χ0v) is 9.77. The van der Waals surface area contributed by atoms with Crippen LogP contribution >= 0.6 is 0 Å². The third kappa shape index (κ3) is 2.30. The number of nitrogens with one attached hydrogen (secondary N) is 1. The summed E-state index contributed by atoms with van der Waals surface area (Å²) in [6.07, 6.45) is 1.70. The van der Waals surface area contributed by atoms with Gasteiger partial charge in [0.25, 0.3) is 0 Å². The van der Waals surface area contributed by atoms with Crippen LogP contribution in [0.25, 0.3) is 0 Å². The Bertz CT molecular complexity index is 460. The van der Waals surface area contributed by atoms with Crippen LogP contribution < -0.4 is 5.32 Å². The van der Waals surface area contributed by atoms with Gasteiger partial charge in [0, 0.05) is 7.05 Å². The van der Waals surface area contributed by atoms with E-state index >= 15 is 0 Å². The minimum atomic E-state index is 0.151. The van der Waals surface area contributed by atoms with Gasteiger partial charge >= 0.3 is 0 Å². The van der Waals surface area contributed by atoms with E-state index in [9.17, 15) is 0 Å². The highest BCUT2D eigenvalue weighted by atomic mass is 16.3. The molecule has 0 spiro atoms. The standard InChI is InChI=1S/C11H16N4O/c1-8-4-5-10(16-8)6-12-9(2)11-14-13-7-15(11)3/h4-5,7,9,12H,6H2,1-3H3. The van der Waals surface area contributed by atoms with Crippen LogP contribution in [0.2, 0.25) is 0 Å². The Balaban J connectivity index is 1.93. The number of rotatable bonds is 4. The minimum Gasteiger partial charge on any atom is -0.465 e. The van der Waals surface area contributed by atoms with Gasteiger partial charge in [-0.3, -0.25) is 0 Å². The molecule has 0 saturated heterocycles. The number of hydrogen-bond acceptors (Lipinski definition) is 4. The van der Waals surface area contributed by atoms with Gasteiger partial charge in [0.1, 0.15) is 23.7 Å². The topological polar surface area (TPSA) is 55.9 Å². The summed E-state index contributed by atoms with van der Waals surface area (Å²) in [5.74, 6) is 2.79. The molecular weight excluding hydrogens is 204 g/mol. The number of nitrogens with zero attached hydrogens (tertiary/aromatic N) is 3. The van der Waals surface area contributed by atoms with Crippen molar-refractivity contribution in [3.8, 4) is 0 Å². The lowest BCUT2D eigenvalue weighted by Crippen LogP contribution is -2.20. The van der Waals surface area contributed by atoms with Crippen molar-refractivity contribution in [3.05, 3.63) is 35.8 Å². The molecular formula is C11H16N4O. The molecule has 0 aromatic carbocycles. The van der Waals surface area contributed by atoms with E-state index in [1.807, 2.05) is 30.7 Å². The normalized spacial score (nSPS) is 12.9. The first-order valence-corrected chi connectivity index (χ1v) is 5.29. The van der Waals surface area contributed by atoms with Gasteiger partial charge in [-0.05, 0) is 26.0 Å². The number of aromatic nitrogens is 3. The van der Waals surface area contributed by atoms with E-state index in [1.54, 1.807) is 6.33 Å². The Morgan fingerprint density at radius 3 is 2.88 bits per heavy atom. The molecule has 0 aliphatic heterocycles. The zero-order valence-electron chi connectivity index (χ0n) is 9.77. The average Bonchev–Trinajstić information content (AvgIpc) is 2.84. The van der Waals surface area contributed by atoms with Crippen molar-refractivity contribution in [2.45, 2.75) is 26.4 Å². The quantitative estimate of drug-likeness (QED) is 0.849. The van der Waals surface area contributed by atoms with E-state index in [4.69, 9.17) is 4.42 Å². The van der Waals surface area contributed by atoms with Crippen LogP contribution in [0.3, 0.4) is 0 Å². The molecule has 5 nitrogen and oxygen atoms in total. The van der Waals surface area contributed by atoms with E-state index < -0.39 is 0 Å². The predicted octanol–water partition coefficient (Wildman–Crippen LogP) is 1.57. The molecule has 0 aliphatic rings. The van der Waals surface area contributed by atoms with Crippen LogP contribution in [-0.2, 0) is 13.6 Å². The van der Waals surface area contributed by atoms with Crippen molar-refractivity contribution >= 4 is 0 Å². The summed E-state index contributed by atoms with van der Waals surface area (Å²) < 4.78 is 7.38. The molecule has 0 saturated carbocycles. The highest BCUT2D eigenvalue weighted by Gasteiger charge is 2.11. The molecule has 2 aromatic heterocycles. The van der Waals surface area contributed by atoms with E-state index in [1.165, 1.54) is 0 Å². The smallest absolute Gasteiger partial charge is 0.149 e. The van der Waals surface area contributed by atoms with Gasteiger partial charge in [0.2, 0.25) is 0 Å². The van der Waals surface area contributed by atoms with Gasteiger partial charge in [-0.2, -0.15) is 0 Å². The fourth-order valence-electron chi connectivity index (χ4n) is 1.61. The van der Waals surface area contributed by atoms with Crippen LogP contribution in [0.1, 0.15) is 30.3 Å². The summed E-state index contributed by atoms with van der Waals surface area (Å²) in [7, 11) is 1.94. The maximum atomic E-state index is 5.48. The van der Waals surface area contributed by atoms with Crippen molar-refractivity contribution in [2.24, 2.45) is 7.05 Å². The second kappa shape index (κ2) is 4.49. The molecule has 0 fully saturated rings. The Morgan fingerprint density at radius 2 is 2.31 bits per heavy atom. The fraction of sp³-hybridized carbons (Fsp3) is 0.455. The third-order valence-corrected chi connectivity index (χ3v) is 2.51. The van der Waals surface area contributed by atoms with Crippen molar-refractivity contribution in [3.63, 3.8) is 0 Å². The summed E-state index contributed by atoms with van der Waals surface area (Å²) in [5.41, 5.74) is 0. The van der Waals surface area contributed by atoms with E-state index in [-0.39, 0.29) is 6.04 Å². The highest BCUT2D eigenvalue weighted by Crippen LogP contribution is 2.10. The van der Waals surface area contributed by atoms with Crippen molar-refractivity contribution in [2.75, 3.05) is 0 Å². The SMILES string of the molecule is Cc1ccc(CNC(C)c2nncn2C)o1. The first-order valence-electron chi connectivity index (χ1n) is 5.29. The molecule has 0 aliphatic carbocycles. The lowest BCUT2D eigenvalue weighted by atomic mass is 10.3. The van der Waals surface area contributed by atoms with E-state index in [0.717, 1.165) is 17.3 Å². The Morgan fingerprint density at radius 1 is 1.50 bits per heavy atom. The van der Waals surface area contributed by atoms with Crippen LogP contribution in [0.5, 0.6) is 0 Å². The molecule has 5 heteroatoms. The van der Waals surface area contributed by atoms with Gasteiger partial charge in [-0.1, -0.05) is 0 Å². The summed E-state index contributed by atoms with van der Waals surface area (Å²) in [6, 6.07) is 4.09. The Kier molecular flexibility index (Phi) is 3.05. The largest absolute Gasteiger partial charge is 0.465 e. The predicted molar refractivity (Wildman–Crippen MR) is 59.7 cm³/mol. The molecule has 2 heterocycles. The molecule has 0 radical (unpaired) electrons. The van der Waals surface area contributed by atoms with E-state index in [0.29, 0.717) is 6.54 Å². The first-order chi connectivity index (χ1) is 7.66. The average molecular weight is 220 g/mol. The second-order valence-corrected chi connectivity index (χ2v) is 3.91. The summed E-state index contributed by atoms with van der Waals surface area (Å²) in [4.78, 5) is 0. The van der Waals surface area contributed by atoms with Crippen LogP contribution in [0.15, 0.2) is 22.9 Å². The number of furan rings is 1. The summed E-state index contributed by atoms with van der Waals surface area (Å²) in [5, 5.41) is 11.2. The maximum absolute atomic E-state index is 5.48. The van der Waals surface area contributed by atoms with Crippen LogP contribution in [0.4, 0.5) is 0 Å². The van der Waals surface area contributed by atoms with Crippen LogP contribution in [0, 0.1) is 6.92 Å². The number of hydrogen-bond donors (Lipinski definition) is 1. The van der Waals surface area contributed by atoms with Gasteiger partial charge in [-0.15, -0.1) is 10.2 Å². The zero-order chi connectivity index (χ0) is 11.5. The Labute approximate surface area is 94.5 Å². The summed E-state index contributed by atoms with van der Waals surface area (Å²) >= 11 is 0. The molecule has 0 amide bonds. The lowest BCUT2D eigenvalue weighted by Gasteiger charge is -2.11. The fourth-order valence-corrected chi connectivity index (χ4v) is 1.61. The lowest BCUT2D eigenvalue weighted by molar-refractivity contribution is 0.435. The Hall–Kier alpha value is -1.62. The van der Waals surface area contributed by atoms with Crippen molar-refractivity contribution < 1.29 is 4.42 Å². The molecule has 0 bridgehead atoms. The van der Waals surface area contributed by atoms with Crippen LogP contribution in [-0.4, -0.2) is 14.8 Å².